The van der Waals surface area contributed by atoms with Crippen LogP contribution in [0.1, 0.15) is 21.6 Å². The first-order chi connectivity index (χ1) is 14.6. The van der Waals surface area contributed by atoms with Crippen LogP contribution in [0.15, 0.2) is 30.3 Å². The van der Waals surface area contributed by atoms with Crippen molar-refractivity contribution in [1.82, 2.24) is 15.0 Å². The van der Waals surface area contributed by atoms with Crippen molar-refractivity contribution < 1.29 is 19.4 Å². The Labute approximate surface area is 179 Å². The zero-order chi connectivity index (χ0) is 21.1. The zero-order valence-electron chi connectivity index (χ0n) is 16.5. The fraction of sp³-hybridized carbons (Fsp3) is 0.333. The van der Waals surface area contributed by atoms with Crippen LogP contribution in [0.2, 0.25) is 0 Å². The summed E-state index contributed by atoms with van der Waals surface area (Å²) in [6.45, 7) is 2.41. The first-order valence-corrected chi connectivity index (χ1v) is 10.2. The molecule has 9 heteroatoms. The zero-order valence-corrected chi connectivity index (χ0v) is 17.4. The van der Waals surface area contributed by atoms with Crippen molar-refractivity contribution in [1.29, 1.82) is 0 Å². The molecule has 3 heterocycles. The molecule has 2 aromatic heterocycles. The van der Waals surface area contributed by atoms with Crippen LogP contribution in [-0.2, 0) is 21.8 Å². The first-order valence-electron chi connectivity index (χ1n) is 9.58. The number of rotatable bonds is 5. The summed E-state index contributed by atoms with van der Waals surface area (Å²) in [5, 5.41) is 9.50. The van der Waals surface area contributed by atoms with Gasteiger partial charge in [-0.15, -0.1) is 0 Å². The minimum atomic E-state index is -0.521. The topological polar surface area (TPSA) is 97.7 Å². The number of aliphatic hydroxyl groups is 1. The lowest BCUT2D eigenvalue weighted by Crippen LogP contribution is -2.37. The highest BCUT2D eigenvalue weighted by molar-refractivity contribution is 7.79. The van der Waals surface area contributed by atoms with Crippen LogP contribution < -0.4 is 4.90 Å². The second kappa shape index (κ2) is 8.95. The monoisotopic (exact) mass is 426 g/mol. The van der Waals surface area contributed by atoms with E-state index in [1.807, 2.05) is 24.3 Å². The van der Waals surface area contributed by atoms with Crippen molar-refractivity contribution in [2.45, 2.75) is 12.4 Å². The maximum atomic E-state index is 12.2. The summed E-state index contributed by atoms with van der Waals surface area (Å²) in [5.74, 6) is 1.02. The van der Waals surface area contributed by atoms with Crippen molar-refractivity contribution in [2.24, 2.45) is 0 Å². The summed E-state index contributed by atoms with van der Waals surface area (Å²) in [4.78, 5) is 28.4. The average Bonchev–Trinajstić information content (AvgIpc) is 2.82. The van der Waals surface area contributed by atoms with Crippen LogP contribution in [0.4, 0.5) is 5.82 Å². The lowest BCUT2D eigenvalue weighted by molar-refractivity contribution is 0.0594. The second-order valence-electron chi connectivity index (χ2n) is 6.84. The number of hydrogen-bond donors (Lipinski definition) is 2. The quantitative estimate of drug-likeness (QED) is 0.474. The molecule has 0 saturated carbocycles. The molecule has 156 valence electrons. The molecule has 1 fully saturated rings. The van der Waals surface area contributed by atoms with Crippen LogP contribution in [0.25, 0.3) is 22.4 Å². The van der Waals surface area contributed by atoms with Gasteiger partial charge in [-0.2, -0.15) is 12.6 Å². The van der Waals surface area contributed by atoms with Crippen LogP contribution in [0.3, 0.4) is 0 Å². The van der Waals surface area contributed by atoms with Crippen LogP contribution in [0, 0.1) is 0 Å². The van der Waals surface area contributed by atoms with Crippen molar-refractivity contribution >= 4 is 35.4 Å². The number of pyridine rings is 1. The number of hydrogen-bond acceptors (Lipinski definition) is 9. The molecule has 0 unspecified atom stereocenters. The van der Waals surface area contributed by atoms with Crippen LogP contribution in [-0.4, -0.2) is 59.4 Å². The number of morpholine rings is 1. The van der Waals surface area contributed by atoms with Gasteiger partial charge in [-0.05, 0) is 23.3 Å². The van der Waals surface area contributed by atoms with Gasteiger partial charge in [0.05, 0.1) is 32.4 Å². The number of benzene rings is 1. The van der Waals surface area contributed by atoms with E-state index in [-0.39, 0.29) is 12.3 Å². The number of carbonyl (C=O) groups is 1. The maximum Gasteiger partial charge on any atom is 0.356 e. The Morgan fingerprint density at radius 3 is 2.70 bits per heavy atom. The summed E-state index contributed by atoms with van der Waals surface area (Å²) in [5.41, 5.74) is 3.70. The third kappa shape index (κ3) is 3.96. The molecule has 0 aliphatic carbocycles. The summed E-state index contributed by atoms with van der Waals surface area (Å²) in [7, 11) is 1.32. The van der Waals surface area contributed by atoms with Gasteiger partial charge in [0.15, 0.2) is 11.6 Å². The van der Waals surface area contributed by atoms with Crippen LogP contribution >= 0.6 is 12.6 Å². The van der Waals surface area contributed by atoms with E-state index in [0.29, 0.717) is 54.7 Å². The van der Waals surface area contributed by atoms with E-state index in [1.54, 1.807) is 6.07 Å². The largest absolute Gasteiger partial charge is 0.464 e. The van der Waals surface area contributed by atoms with E-state index in [4.69, 9.17) is 19.4 Å². The third-order valence-electron chi connectivity index (χ3n) is 4.96. The Hall–Kier alpha value is -2.75. The van der Waals surface area contributed by atoms with E-state index in [1.165, 1.54) is 7.11 Å². The van der Waals surface area contributed by atoms with Gasteiger partial charge in [-0.1, -0.05) is 18.2 Å². The van der Waals surface area contributed by atoms with Crippen molar-refractivity contribution in [3.8, 4) is 11.4 Å². The first kappa shape index (κ1) is 20.5. The molecule has 0 spiro atoms. The lowest BCUT2D eigenvalue weighted by Gasteiger charge is -2.28. The number of ether oxygens (including phenoxy) is 2. The van der Waals surface area contributed by atoms with Gasteiger partial charge >= 0.3 is 5.97 Å². The maximum absolute atomic E-state index is 12.2. The summed E-state index contributed by atoms with van der Waals surface area (Å²) in [6.07, 6.45) is 0. The fourth-order valence-electron chi connectivity index (χ4n) is 3.42. The van der Waals surface area contributed by atoms with Crippen LogP contribution in [0.5, 0.6) is 0 Å². The van der Waals surface area contributed by atoms with Gasteiger partial charge in [-0.25, -0.2) is 19.7 Å². The number of anilines is 1. The molecule has 4 rings (SSSR count). The Morgan fingerprint density at radius 2 is 2.00 bits per heavy atom. The highest BCUT2D eigenvalue weighted by Crippen LogP contribution is 2.30. The minimum Gasteiger partial charge on any atom is -0.464 e. The predicted octanol–water partition coefficient (Wildman–Crippen LogP) is 2.24. The standard InChI is InChI=1S/C21H22N4O4S/c1-28-21(27)16-10-15(12-30)17-18(22-16)20(25-5-7-29-8-6-25)24-19(23-17)14-4-2-3-13(9-14)11-26/h2-4,9-10,26,30H,5-8,11-12H2,1H3. The molecular weight excluding hydrogens is 404 g/mol. The normalized spacial score (nSPS) is 14.2. The number of thiol groups is 1. The predicted molar refractivity (Wildman–Crippen MR) is 116 cm³/mol. The van der Waals surface area contributed by atoms with Crippen molar-refractivity contribution in [3.63, 3.8) is 0 Å². The molecular formula is C21H22N4O4S. The second-order valence-corrected chi connectivity index (χ2v) is 7.16. The van der Waals surface area contributed by atoms with E-state index in [2.05, 4.69) is 22.5 Å². The molecule has 1 saturated heterocycles. The lowest BCUT2D eigenvalue weighted by atomic mass is 10.1. The highest BCUT2D eigenvalue weighted by Gasteiger charge is 2.22. The molecule has 0 atom stereocenters. The average molecular weight is 426 g/mol. The highest BCUT2D eigenvalue weighted by atomic mass is 32.1. The fourth-order valence-corrected chi connectivity index (χ4v) is 3.66. The molecule has 1 aromatic carbocycles. The van der Waals surface area contributed by atoms with Gasteiger partial charge in [0.25, 0.3) is 0 Å². The molecule has 1 aliphatic rings. The van der Waals surface area contributed by atoms with E-state index < -0.39 is 5.97 Å². The molecule has 30 heavy (non-hydrogen) atoms. The smallest absolute Gasteiger partial charge is 0.356 e. The van der Waals surface area contributed by atoms with E-state index >= 15 is 0 Å². The molecule has 0 amide bonds. The molecule has 3 aromatic rings. The third-order valence-corrected chi connectivity index (χ3v) is 5.30. The Kier molecular flexibility index (Phi) is 6.12. The minimum absolute atomic E-state index is 0.0658. The van der Waals surface area contributed by atoms with Crippen molar-refractivity contribution in [3.05, 3.63) is 47.2 Å². The van der Waals surface area contributed by atoms with E-state index in [9.17, 15) is 9.90 Å². The summed E-state index contributed by atoms with van der Waals surface area (Å²) < 4.78 is 10.3. The van der Waals surface area contributed by atoms with E-state index in [0.717, 1.165) is 16.7 Å². The summed E-state index contributed by atoms with van der Waals surface area (Å²) in [6, 6.07) is 9.13. The Bertz CT molecular complexity index is 1090. The van der Waals surface area contributed by atoms with Gasteiger partial charge in [0, 0.05) is 24.4 Å². The van der Waals surface area contributed by atoms with Gasteiger partial charge in [-0.3, -0.25) is 0 Å². The van der Waals surface area contributed by atoms with Gasteiger partial charge in [0.2, 0.25) is 0 Å². The summed E-state index contributed by atoms with van der Waals surface area (Å²) >= 11 is 4.44. The number of esters is 1. The number of aliphatic hydroxyl groups excluding tert-OH is 1. The number of carbonyl (C=O) groups excluding carboxylic acids is 1. The SMILES string of the molecule is COC(=O)c1cc(CS)c2nc(-c3cccc(CO)c3)nc(N3CCOCC3)c2n1. The number of nitrogens with zero attached hydrogens (tertiary/aromatic N) is 4. The number of aromatic nitrogens is 3. The molecule has 0 bridgehead atoms. The molecule has 0 radical (unpaired) electrons. The van der Waals surface area contributed by atoms with Gasteiger partial charge < -0.3 is 19.5 Å². The Balaban J connectivity index is 1.97. The molecule has 8 nitrogen and oxygen atoms in total. The molecule has 1 aliphatic heterocycles. The molecule has 1 N–H and O–H groups in total. The van der Waals surface area contributed by atoms with Gasteiger partial charge in [0.1, 0.15) is 11.2 Å². The Morgan fingerprint density at radius 1 is 1.20 bits per heavy atom. The number of methoxy groups -OCH3 is 1. The van der Waals surface area contributed by atoms with Crippen molar-refractivity contribution in [2.75, 3.05) is 38.3 Å². The number of fused-ring (bicyclic) bond motifs is 1.